The lowest BCUT2D eigenvalue weighted by Gasteiger charge is -2.15. The van der Waals surface area contributed by atoms with Crippen molar-refractivity contribution >= 4 is 0 Å². The summed E-state index contributed by atoms with van der Waals surface area (Å²) in [6.45, 7) is 6.09. The van der Waals surface area contributed by atoms with Crippen molar-refractivity contribution in [2.24, 2.45) is 0 Å². The van der Waals surface area contributed by atoms with Gasteiger partial charge in [0.2, 0.25) is 0 Å². The van der Waals surface area contributed by atoms with Crippen LogP contribution in [-0.2, 0) is 0 Å². The lowest BCUT2D eigenvalue weighted by Crippen LogP contribution is -1.96. The van der Waals surface area contributed by atoms with E-state index in [1.54, 1.807) is 0 Å². The molecular formula is C11H16. The van der Waals surface area contributed by atoms with Crippen LogP contribution in [0, 0.1) is 0 Å². The predicted octanol–water partition coefficient (Wildman–Crippen LogP) is 3.62. The molecule has 0 N–H and O–H groups in total. The Morgan fingerprint density at radius 1 is 1.27 bits per heavy atom. The standard InChI is InChI=1S/C11H16/c1-3-4-8-11-9-6-5-7-10(11)2/h3-4,8H,2,5-7,9H2,1H3/b4-3-,11-8-. The average molecular weight is 148 g/mol. The molecule has 0 unspecified atom stereocenters. The lowest BCUT2D eigenvalue weighted by atomic mass is 9.90. The lowest BCUT2D eigenvalue weighted by molar-refractivity contribution is 0.681. The summed E-state index contributed by atoms with van der Waals surface area (Å²) in [4.78, 5) is 0. The highest BCUT2D eigenvalue weighted by atomic mass is 14.1. The van der Waals surface area contributed by atoms with Gasteiger partial charge in [-0.25, -0.2) is 0 Å². The molecule has 0 amide bonds. The van der Waals surface area contributed by atoms with Gasteiger partial charge in [-0.3, -0.25) is 0 Å². The molecule has 0 aliphatic heterocycles. The van der Waals surface area contributed by atoms with E-state index in [4.69, 9.17) is 0 Å². The Hall–Kier alpha value is -0.780. The van der Waals surface area contributed by atoms with E-state index in [-0.39, 0.29) is 0 Å². The van der Waals surface area contributed by atoms with Crippen molar-refractivity contribution in [3.05, 3.63) is 36.0 Å². The highest BCUT2D eigenvalue weighted by molar-refractivity contribution is 5.32. The van der Waals surface area contributed by atoms with Crippen molar-refractivity contribution in [2.45, 2.75) is 32.6 Å². The summed E-state index contributed by atoms with van der Waals surface area (Å²) < 4.78 is 0. The van der Waals surface area contributed by atoms with E-state index in [2.05, 4.69) is 24.8 Å². The Bertz CT molecular complexity index is 194. The van der Waals surface area contributed by atoms with Crippen molar-refractivity contribution in [2.75, 3.05) is 0 Å². The molecule has 0 bridgehead atoms. The monoisotopic (exact) mass is 148 g/mol. The van der Waals surface area contributed by atoms with Gasteiger partial charge in [0.1, 0.15) is 0 Å². The molecule has 0 radical (unpaired) electrons. The molecule has 0 saturated heterocycles. The molecular weight excluding hydrogens is 132 g/mol. The van der Waals surface area contributed by atoms with E-state index in [1.165, 1.54) is 36.8 Å². The zero-order chi connectivity index (χ0) is 8.10. The van der Waals surface area contributed by atoms with Crippen LogP contribution in [0.4, 0.5) is 0 Å². The molecule has 60 valence electrons. The van der Waals surface area contributed by atoms with Crippen LogP contribution in [0.5, 0.6) is 0 Å². The fraction of sp³-hybridized carbons (Fsp3) is 0.455. The summed E-state index contributed by atoms with van der Waals surface area (Å²) in [7, 11) is 0. The summed E-state index contributed by atoms with van der Waals surface area (Å²) in [5, 5.41) is 0. The van der Waals surface area contributed by atoms with Crippen LogP contribution >= 0.6 is 0 Å². The van der Waals surface area contributed by atoms with E-state index < -0.39 is 0 Å². The first-order valence-corrected chi connectivity index (χ1v) is 4.34. The van der Waals surface area contributed by atoms with Gasteiger partial charge in [-0.15, -0.1) is 0 Å². The van der Waals surface area contributed by atoms with Crippen molar-refractivity contribution < 1.29 is 0 Å². The minimum absolute atomic E-state index is 1.20. The Morgan fingerprint density at radius 2 is 2.00 bits per heavy atom. The first kappa shape index (κ1) is 8.32. The van der Waals surface area contributed by atoms with Crippen LogP contribution in [0.25, 0.3) is 0 Å². The highest BCUT2D eigenvalue weighted by Crippen LogP contribution is 2.26. The molecule has 1 rings (SSSR count). The first-order valence-electron chi connectivity index (χ1n) is 4.34. The molecule has 1 fully saturated rings. The molecule has 0 nitrogen and oxygen atoms in total. The Balaban J connectivity index is 2.61. The fourth-order valence-electron chi connectivity index (χ4n) is 1.40. The predicted molar refractivity (Wildman–Crippen MR) is 50.5 cm³/mol. The molecule has 1 aliphatic carbocycles. The highest BCUT2D eigenvalue weighted by Gasteiger charge is 2.07. The molecule has 0 heterocycles. The van der Waals surface area contributed by atoms with E-state index >= 15 is 0 Å². The van der Waals surface area contributed by atoms with Crippen LogP contribution in [0.1, 0.15) is 32.6 Å². The minimum atomic E-state index is 1.20. The second kappa shape index (κ2) is 4.17. The van der Waals surface area contributed by atoms with Gasteiger partial charge in [0.25, 0.3) is 0 Å². The largest absolute Gasteiger partial charge is 0.0956 e. The number of hydrogen-bond donors (Lipinski definition) is 0. The number of hydrogen-bond acceptors (Lipinski definition) is 0. The van der Waals surface area contributed by atoms with Gasteiger partial charge >= 0.3 is 0 Å². The van der Waals surface area contributed by atoms with Crippen LogP contribution in [0.3, 0.4) is 0 Å². The molecule has 0 aromatic rings. The maximum Gasteiger partial charge on any atom is -0.0276 e. The topological polar surface area (TPSA) is 0 Å². The van der Waals surface area contributed by atoms with E-state index in [9.17, 15) is 0 Å². The van der Waals surface area contributed by atoms with Gasteiger partial charge in [0, 0.05) is 0 Å². The van der Waals surface area contributed by atoms with Gasteiger partial charge in [0.15, 0.2) is 0 Å². The third-order valence-corrected chi connectivity index (χ3v) is 2.12. The quantitative estimate of drug-likeness (QED) is 0.532. The van der Waals surface area contributed by atoms with Crippen LogP contribution < -0.4 is 0 Å². The van der Waals surface area contributed by atoms with E-state index in [1.807, 2.05) is 6.92 Å². The fourth-order valence-corrected chi connectivity index (χ4v) is 1.40. The van der Waals surface area contributed by atoms with Crippen LogP contribution in [0.2, 0.25) is 0 Å². The van der Waals surface area contributed by atoms with Crippen molar-refractivity contribution in [1.29, 1.82) is 0 Å². The SMILES string of the molecule is C=C1CCCC/C1=C/C=C\C. The maximum absolute atomic E-state index is 4.05. The van der Waals surface area contributed by atoms with Gasteiger partial charge in [-0.2, -0.15) is 0 Å². The Morgan fingerprint density at radius 3 is 2.64 bits per heavy atom. The third kappa shape index (κ3) is 2.38. The molecule has 0 aromatic carbocycles. The second-order valence-corrected chi connectivity index (χ2v) is 3.03. The summed E-state index contributed by atoms with van der Waals surface area (Å²) in [5.41, 5.74) is 2.80. The maximum atomic E-state index is 4.05. The van der Waals surface area contributed by atoms with Crippen LogP contribution in [0.15, 0.2) is 36.0 Å². The van der Waals surface area contributed by atoms with E-state index in [0.29, 0.717) is 0 Å². The van der Waals surface area contributed by atoms with E-state index in [0.717, 1.165) is 0 Å². The number of allylic oxidation sites excluding steroid dienone is 5. The molecule has 0 atom stereocenters. The van der Waals surface area contributed by atoms with Crippen molar-refractivity contribution in [1.82, 2.24) is 0 Å². The van der Waals surface area contributed by atoms with Gasteiger partial charge in [0.05, 0.1) is 0 Å². The Labute approximate surface area is 69.3 Å². The molecule has 11 heavy (non-hydrogen) atoms. The first-order chi connectivity index (χ1) is 5.34. The second-order valence-electron chi connectivity index (χ2n) is 3.03. The minimum Gasteiger partial charge on any atom is -0.0956 e. The third-order valence-electron chi connectivity index (χ3n) is 2.12. The molecule has 1 aliphatic rings. The van der Waals surface area contributed by atoms with Gasteiger partial charge < -0.3 is 0 Å². The van der Waals surface area contributed by atoms with Gasteiger partial charge in [-0.1, -0.05) is 30.4 Å². The summed E-state index contributed by atoms with van der Waals surface area (Å²) >= 11 is 0. The van der Waals surface area contributed by atoms with Gasteiger partial charge in [-0.05, 0) is 38.2 Å². The summed E-state index contributed by atoms with van der Waals surface area (Å²) in [6, 6.07) is 0. The smallest absolute Gasteiger partial charge is 0.0276 e. The molecule has 1 saturated carbocycles. The Kier molecular flexibility index (Phi) is 3.15. The normalized spacial score (nSPS) is 23.4. The zero-order valence-electron chi connectivity index (χ0n) is 7.27. The molecule has 0 heteroatoms. The molecule has 0 spiro atoms. The number of rotatable bonds is 1. The summed E-state index contributed by atoms with van der Waals surface area (Å²) in [6.07, 6.45) is 11.4. The molecule has 0 aromatic heterocycles. The summed E-state index contributed by atoms with van der Waals surface area (Å²) in [5.74, 6) is 0. The average Bonchev–Trinajstić information content (AvgIpc) is 2.03. The van der Waals surface area contributed by atoms with Crippen LogP contribution in [-0.4, -0.2) is 0 Å². The zero-order valence-corrected chi connectivity index (χ0v) is 7.27. The van der Waals surface area contributed by atoms with Crippen molar-refractivity contribution in [3.8, 4) is 0 Å². The van der Waals surface area contributed by atoms with Crippen molar-refractivity contribution in [3.63, 3.8) is 0 Å².